The Morgan fingerprint density at radius 2 is 2.20 bits per heavy atom. The Labute approximate surface area is 121 Å². The Balaban J connectivity index is 2.38. The van der Waals surface area contributed by atoms with Crippen LogP contribution in [-0.2, 0) is 21.2 Å². The van der Waals surface area contributed by atoms with E-state index in [0.29, 0.717) is 24.6 Å². The predicted molar refractivity (Wildman–Crippen MR) is 79.6 cm³/mol. The van der Waals surface area contributed by atoms with E-state index in [0.717, 1.165) is 30.6 Å². The van der Waals surface area contributed by atoms with Gasteiger partial charge in [-0.05, 0) is 30.5 Å². The van der Waals surface area contributed by atoms with Crippen molar-refractivity contribution in [3.63, 3.8) is 0 Å². The SMILES string of the molecule is CCN(CCOC)S(=O)(=O)c1cccc2c1CCCN2. The summed E-state index contributed by atoms with van der Waals surface area (Å²) in [6.07, 6.45) is 1.77. The van der Waals surface area contributed by atoms with Gasteiger partial charge in [0.05, 0.1) is 11.5 Å². The van der Waals surface area contributed by atoms with Crippen LogP contribution in [0.15, 0.2) is 23.1 Å². The summed E-state index contributed by atoms with van der Waals surface area (Å²) in [5.41, 5.74) is 1.86. The zero-order valence-corrected chi connectivity index (χ0v) is 12.9. The van der Waals surface area contributed by atoms with Crippen LogP contribution in [0, 0.1) is 0 Å². The molecular weight excluding hydrogens is 276 g/mol. The number of likely N-dealkylation sites (N-methyl/N-ethyl adjacent to an activating group) is 1. The maximum absolute atomic E-state index is 12.8. The molecule has 0 aliphatic carbocycles. The molecule has 0 atom stereocenters. The van der Waals surface area contributed by atoms with E-state index in [4.69, 9.17) is 4.74 Å². The molecule has 0 aromatic heterocycles. The molecule has 1 N–H and O–H groups in total. The Morgan fingerprint density at radius 1 is 1.40 bits per heavy atom. The van der Waals surface area contributed by atoms with Crippen LogP contribution in [0.3, 0.4) is 0 Å². The second kappa shape index (κ2) is 6.56. The Kier molecular flexibility index (Phi) is 5.01. The van der Waals surface area contributed by atoms with Crippen molar-refractivity contribution in [1.29, 1.82) is 0 Å². The number of rotatable bonds is 6. The van der Waals surface area contributed by atoms with Crippen molar-refractivity contribution in [2.45, 2.75) is 24.7 Å². The molecule has 1 aliphatic rings. The minimum absolute atomic E-state index is 0.381. The maximum Gasteiger partial charge on any atom is 0.243 e. The first kappa shape index (κ1) is 15.3. The average Bonchev–Trinajstić information content (AvgIpc) is 2.47. The molecule has 1 heterocycles. The van der Waals surface area contributed by atoms with Crippen LogP contribution in [0.4, 0.5) is 5.69 Å². The third kappa shape index (κ3) is 2.97. The van der Waals surface area contributed by atoms with Crippen molar-refractivity contribution in [2.24, 2.45) is 0 Å². The number of hydrogen-bond acceptors (Lipinski definition) is 4. The lowest BCUT2D eigenvalue weighted by Crippen LogP contribution is -2.34. The number of methoxy groups -OCH3 is 1. The molecule has 0 spiro atoms. The van der Waals surface area contributed by atoms with E-state index in [1.165, 1.54) is 4.31 Å². The third-order valence-corrected chi connectivity index (χ3v) is 5.63. The van der Waals surface area contributed by atoms with Gasteiger partial charge in [0.1, 0.15) is 0 Å². The van der Waals surface area contributed by atoms with Gasteiger partial charge in [0, 0.05) is 32.4 Å². The van der Waals surface area contributed by atoms with Crippen LogP contribution in [0.25, 0.3) is 0 Å². The number of anilines is 1. The van der Waals surface area contributed by atoms with Gasteiger partial charge in [-0.25, -0.2) is 8.42 Å². The summed E-state index contributed by atoms with van der Waals surface area (Å²) in [6, 6.07) is 5.45. The molecule has 2 rings (SSSR count). The van der Waals surface area contributed by atoms with Crippen molar-refractivity contribution in [3.8, 4) is 0 Å². The highest BCUT2D eigenvalue weighted by molar-refractivity contribution is 7.89. The van der Waals surface area contributed by atoms with Gasteiger partial charge in [-0.2, -0.15) is 4.31 Å². The molecule has 1 aliphatic heterocycles. The average molecular weight is 298 g/mol. The first-order valence-electron chi connectivity index (χ1n) is 6.96. The van der Waals surface area contributed by atoms with Crippen molar-refractivity contribution < 1.29 is 13.2 Å². The predicted octanol–water partition coefficient (Wildman–Crippen LogP) is 1.70. The highest BCUT2D eigenvalue weighted by Gasteiger charge is 2.27. The van der Waals surface area contributed by atoms with Crippen molar-refractivity contribution in [2.75, 3.05) is 38.7 Å². The van der Waals surface area contributed by atoms with Crippen molar-refractivity contribution in [1.82, 2.24) is 4.31 Å². The minimum atomic E-state index is -3.45. The van der Waals surface area contributed by atoms with Crippen molar-refractivity contribution >= 4 is 15.7 Å². The van der Waals surface area contributed by atoms with Crippen LogP contribution in [0.5, 0.6) is 0 Å². The van der Waals surface area contributed by atoms with Gasteiger partial charge in [-0.15, -0.1) is 0 Å². The molecule has 0 fully saturated rings. The molecule has 0 unspecified atom stereocenters. The second-order valence-corrected chi connectivity index (χ2v) is 6.71. The van der Waals surface area contributed by atoms with E-state index in [1.807, 2.05) is 13.0 Å². The number of sulfonamides is 1. The molecule has 1 aromatic carbocycles. The highest BCUT2D eigenvalue weighted by atomic mass is 32.2. The number of benzene rings is 1. The lowest BCUT2D eigenvalue weighted by molar-refractivity contribution is 0.180. The number of fused-ring (bicyclic) bond motifs is 1. The fourth-order valence-corrected chi connectivity index (χ4v) is 4.21. The third-order valence-electron chi connectivity index (χ3n) is 3.57. The first-order chi connectivity index (χ1) is 9.61. The summed E-state index contributed by atoms with van der Waals surface area (Å²) in [5, 5.41) is 3.27. The first-order valence-corrected chi connectivity index (χ1v) is 8.40. The van der Waals surface area contributed by atoms with Crippen LogP contribution < -0.4 is 5.32 Å². The van der Waals surface area contributed by atoms with Crippen LogP contribution in [0.2, 0.25) is 0 Å². The van der Waals surface area contributed by atoms with Crippen molar-refractivity contribution in [3.05, 3.63) is 23.8 Å². The lowest BCUT2D eigenvalue weighted by atomic mass is 10.0. The summed E-state index contributed by atoms with van der Waals surface area (Å²) in [7, 11) is -1.87. The molecule has 1 aromatic rings. The van der Waals surface area contributed by atoms with Gasteiger partial charge in [-0.3, -0.25) is 0 Å². The number of nitrogens with zero attached hydrogens (tertiary/aromatic N) is 1. The summed E-state index contributed by atoms with van der Waals surface area (Å²) in [6.45, 7) is 3.98. The second-order valence-electron chi connectivity index (χ2n) is 4.80. The minimum Gasteiger partial charge on any atom is -0.385 e. The standard InChI is InChI=1S/C14H22N2O3S/c1-3-16(10-11-19-2)20(17,18)14-8-4-7-13-12(14)6-5-9-15-13/h4,7-8,15H,3,5-6,9-11H2,1-2H3. The van der Waals surface area contributed by atoms with E-state index in [2.05, 4.69) is 5.32 Å². The summed E-state index contributed by atoms with van der Waals surface area (Å²) < 4.78 is 32.0. The fourth-order valence-electron chi connectivity index (χ4n) is 2.50. The van der Waals surface area contributed by atoms with Crippen LogP contribution in [-0.4, -0.2) is 46.1 Å². The molecule has 112 valence electrons. The topological polar surface area (TPSA) is 58.6 Å². The molecule has 0 radical (unpaired) electrons. The van der Waals surface area contributed by atoms with E-state index >= 15 is 0 Å². The summed E-state index contributed by atoms with van der Waals surface area (Å²) >= 11 is 0. The van der Waals surface area contributed by atoms with Gasteiger partial charge in [0.15, 0.2) is 0 Å². The molecule has 0 amide bonds. The molecule has 0 saturated carbocycles. The number of ether oxygens (including phenoxy) is 1. The van der Waals surface area contributed by atoms with E-state index < -0.39 is 10.0 Å². The quantitative estimate of drug-likeness (QED) is 0.868. The molecule has 5 nitrogen and oxygen atoms in total. The van der Waals surface area contributed by atoms with Crippen LogP contribution >= 0.6 is 0 Å². The van der Waals surface area contributed by atoms with Gasteiger partial charge < -0.3 is 10.1 Å². The van der Waals surface area contributed by atoms with E-state index in [1.54, 1.807) is 19.2 Å². The molecule has 20 heavy (non-hydrogen) atoms. The van der Waals surface area contributed by atoms with Gasteiger partial charge in [0.2, 0.25) is 10.0 Å². The summed E-state index contributed by atoms with van der Waals surface area (Å²) in [5.74, 6) is 0. The number of nitrogens with one attached hydrogen (secondary N) is 1. The molecule has 0 bridgehead atoms. The van der Waals surface area contributed by atoms with Gasteiger partial charge in [0.25, 0.3) is 0 Å². The lowest BCUT2D eigenvalue weighted by Gasteiger charge is -2.25. The Bertz CT molecular complexity index is 558. The Morgan fingerprint density at radius 3 is 2.90 bits per heavy atom. The maximum atomic E-state index is 12.8. The van der Waals surface area contributed by atoms with Gasteiger partial charge in [-0.1, -0.05) is 13.0 Å². The monoisotopic (exact) mass is 298 g/mol. The largest absolute Gasteiger partial charge is 0.385 e. The van der Waals surface area contributed by atoms with Crippen LogP contribution in [0.1, 0.15) is 18.9 Å². The van der Waals surface area contributed by atoms with E-state index in [9.17, 15) is 8.42 Å². The zero-order valence-electron chi connectivity index (χ0n) is 12.1. The van der Waals surface area contributed by atoms with Gasteiger partial charge >= 0.3 is 0 Å². The highest BCUT2D eigenvalue weighted by Crippen LogP contribution is 2.30. The smallest absolute Gasteiger partial charge is 0.243 e. The Hall–Kier alpha value is -1.11. The number of hydrogen-bond donors (Lipinski definition) is 1. The fraction of sp³-hybridized carbons (Fsp3) is 0.571. The summed E-state index contributed by atoms with van der Waals surface area (Å²) in [4.78, 5) is 0.431. The zero-order chi connectivity index (χ0) is 14.6. The molecule has 0 saturated heterocycles. The van der Waals surface area contributed by atoms with E-state index in [-0.39, 0.29) is 0 Å². The molecule has 6 heteroatoms. The molecular formula is C14H22N2O3S. The normalized spacial score (nSPS) is 14.9.